The van der Waals surface area contributed by atoms with Gasteiger partial charge >= 0.3 is 0 Å². The maximum Gasteiger partial charge on any atom is 0.131 e. The van der Waals surface area contributed by atoms with Gasteiger partial charge in [0, 0.05) is 25.0 Å². The molecule has 2 atom stereocenters. The van der Waals surface area contributed by atoms with Gasteiger partial charge in [-0.15, -0.1) is 0 Å². The highest BCUT2D eigenvalue weighted by molar-refractivity contribution is 7.82. The van der Waals surface area contributed by atoms with Gasteiger partial charge in [0.1, 0.15) is 17.3 Å². The van der Waals surface area contributed by atoms with Crippen molar-refractivity contribution >= 4 is 11.0 Å². The molecule has 0 radical (unpaired) electrons. The summed E-state index contributed by atoms with van der Waals surface area (Å²) >= 11 is 0. The van der Waals surface area contributed by atoms with E-state index in [4.69, 9.17) is 0 Å². The zero-order valence-corrected chi connectivity index (χ0v) is 10.8. The van der Waals surface area contributed by atoms with Crippen LogP contribution in [-0.2, 0) is 11.0 Å². The fourth-order valence-corrected chi connectivity index (χ4v) is 4.42. The van der Waals surface area contributed by atoms with Crippen molar-refractivity contribution in [1.82, 2.24) is 14.3 Å². The minimum atomic E-state index is -1.09. The smallest absolute Gasteiger partial charge is 0.131 e. The van der Waals surface area contributed by atoms with Crippen molar-refractivity contribution in [2.45, 2.75) is 43.5 Å². The SMILES string of the molecule is CC1CC2(CCC2)CN1S(=O)c1cncnc1. The maximum atomic E-state index is 12.4. The fourth-order valence-electron chi connectivity index (χ4n) is 3.05. The quantitative estimate of drug-likeness (QED) is 0.804. The lowest BCUT2D eigenvalue weighted by atomic mass is 9.68. The zero-order chi connectivity index (χ0) is 11.9. The van der Waals surface area contributed by atoms with E-state index in [1.165, 1.54) is 32.0 Å². The summed E-state index contributed by atoms with van der Waals surface area (Å²) in [6.45, 7) is 3.14. The number of nitrogens with zero attached hydrogens (tertiary/aromatic N) is 3. The Bertz CT molecular complexity index is 433. The Morgan fingerprint density at radius 1 is 1.41 bits per heavy atom. The van der Waals surface area contributed by atoms with Crippen LogP contribution in [0.4, 0.5) is 0 Å². The highest BCUT2D eigenvalue weighted by Crippen LogP contribution is 2.50. The molecule has 2 aliphatic rings. The summed E-state index contributed by atoms with van der Waals surface area (Å²) in [6.07, 6.45) is 9.91. The molecule has 1 saturated heterocycles. The van der Waals surface area contributed by atoms with Crippen LogP contribution in [0.15, 0.2) is 23.6 Å². The van der Waals surface area contributed by atoms with Gasteiger partial charge in [-0.25, -0.2) is 18.5 Å². The molecule has 2 unspecified atom stereocenters. The number of hydrogen-bond acceptors (Lipinski definition) is 3. The Kier molecular flexibility index (Phi) is 2.75. The van der Waals surface area contributed by atoms with Crippen molar-refractivity contribution in [2.75, 3.05) is 6.54 Å². The van der Waals surface area contributed by atoms with Crippen LogP contribution in [0.5, 0.6) is 0 Å². The van der Waals surface area contributed by atoms with Gasteiger partial charge in [0.2, 0.25) is 0 Å². The number of hydrogen-bond donors (Lipinski definition) is 0. The summed E-state index contributed by atoms with van der Waals surface area (Å²) in [7, 11) is -1.09. The van der Waals surface area contributed by atoms with Crippen LogP contribution in [0.1, 0.15) is 32.6 Å². The summed E-state index contributed by atoms with van der Waals surface area (Å²) < 4.78 is 14.6. The van der Waals surface area contributed by atoms with Crippen molar-refractivity contribution in [1.29, 1.82) is 0 Å². The van der Waals surface area contributed by atoms with Crippen LogP contribution in [0.2, 0.25) is 0 Å². The molecular formula is C12H17N3OS. The molecule has 3 rings (SSSR count). The van der Waals surface area contributed by atoms with Crippen molar-refractivity contribution in [3.8, 4) is 0 Å². The second-order valence-corrected chi connectivity index (χ2v) is 6.74. The van der Waals surface area contributed by atoms with Gasteiger partial charge in [-0.05, 0) is 31.6 Å². The summed E-state index contributed by atoms with van der Waals surface area (Å²) in [5, 5.41) is 0. The fraction of sp³-hybridized carbons (Fsp3) is 0.667. The minimum absolute atomic E-state index is 0.399. The largest absolute Gasteiger partial charge is 0.244 e. The van der Waals surface area contributed by atoms with Crippen LogP contribution in [-0.4, -0.2) is 31.1 Å². The highest BCUT2D eigenvalue weighted by Gasteiger charge is 2.47. The standard InChI is InChI=1S/C12H17N3OS/c1-10-5-12(3-2-4-12)8-15(10)17(16)11-6-13-9-14-7-11/h6-7,9-10H,2-5,8H2,1H3. The van der Waals surface area contributed by atoms with Gasteiger partial charge in [0.15, 0.2) is 0 Å². The molecule has 5 heteroatoms. The first-order chi connectivity index (χ1) is 8.20. The molecule has 2 fully saturated rings. The molecule has 2 heterocycles. The lowest BCUT2D eigenvalue weighted by Gasteiger charge is -2.37. The lowest BCUT2D eigenvalue weighted by molar-refractivity contribution is 0.153. The van der Waals surface area contributed by atoms with Gasteiger partial charge in [-0.2, -0.15) is 0 Å². The van der Waals surface area contributed by atoms with E-state index in [1.54, 1.807) is 12.4 Å². The van der Waals surface area contributed by atoms with Crippen molar-refractivity contribution in [3.05, 3.63) is 18.7 Å². The third-order valence-electron chi connectivity index (χ3n) is 4.08. The molecular weight excluding hydrogens is 234 g/mol. The Morgan fingerprint density at radius 2 is 2.12 bits per heavy atom. The lowest BCUT2D eigenvalue weighted by Crippen LogP contribution is -2.34. The molecule has 17 heavy (non-hydrogen) atoms. The Balaban J connectivity index is 1.79. The topological polar surface area (TPSA) is 46.1 Å². The van der Waals surface area contributed by atoms with Gasteiger partial charge in [0.05, 0.1) is 4.90 Å². The summed E-state index contributed by atoms with van der Waals surface area (Å²) in [6, 6.07) is 0.399. The summed E-state index contributed by atoms with van der Waals surface area (Å²) in [5.41, 5.74) is 0.463. The predicted octanol–water partition coefficient (Wildman–Crippen LogP) is 1.76. The first kappa shape index (κ1) is 11.3. The van der Waals surface area contributed by atoms with E-state index < -0.39 is 11.0 Å². The molecule has 0 N–H and O–H groups in total. The third kappa shape index (κ3) is 1.91. The molecule has 1 saturated carbocycles. The Hall–Kier alpha value is -0.810. The predicted molar refractivity (Wildman–Crippen MR) is 65.5 cm³/mol. The van der Waals surface area contributed by atoms with Crippen molar-refractivity contribution in [3.63, 3.8) is 0 Å². The molecule has 1 aliphatic carbocycles. The molecule has 1 aromatic rings. The summed E-state index contributed by atoms with van der Waals surface area (Å²) in [5.74, 6) is 0. The van der Waals surface area contributed by atoms with E-state index in [2.05, 4.69) is 21.2 Å². The van der Waals surface area contributed by atoms with Crippen LogP contribution in [0.25, 0.3) is 0 Å². The molecule has 1 aromatic heterocycles. The molecule has 0 amide bonds. The first-order valence-corrected chi connectivity index (χ1v) is 7.24. The van der Waals surface area contributed by atoms with E-state index >= 15 is 0 Å². The van der Waals surface area contributed by atoms with E-state index in [0.717, 1.165) is 11.4 Å². The summed E-state index contributed by atoms with van der Waals surface area (Å²) in [4.78, 5) is 8.60. The van der Waals surface area contributed by atoms with Gasteiger partial charge in [-0.3, -0.25) is 0 Å². The van der Waals surface area contributed by atoms with Crippen molar-refractivity contribution in [2.24, 2.45) is 5.41 Å². The average molecular weight is 251 g/mol. The second-order valence-electron chi connectivity index (χ2n) is 5.31. The highest BCUT2D eigenvalue weighted by atomic mass is 32.2. The normalized spacial score (nSPS) is 29.1. The average Bonchev–Trinajstić information content (AvgIpc) is 2.67. The van der Waals surface area contributed by atoms with Gasteiger partial charge in [0.25, 0.3) is 0 Å². The van der Waals surface area contributed by atoms with E-state index in [1.807, 2.05) is 0 Å². The van der Waals surface area contributed by atoms with E-state index in [-0.39, 0.29) is 0 Å². The van der Waals surface area contributed by atoms with Gasteiger partial charge in [-0.1, -0.05) is 6.42 Å². The zero-order valence-electron chi connectivity index (χ0n) is 10.0. The Morgan fingerprint density at radius 3 is 2.65 bits per heavy atom. The van der Waals surface area contributed by atoms with Crippen LogP contribution >= 0.6 is 0 Å². The molecule has 0 aromatic carbocycles. The van der Waals surface area contributed by atoms with E-state index in [0.29, 0.717) is 11.5 Å². The monoisotopic (exact) mass is 251 g/mol. The Labute approximate surface area is 104 Å². The second kappa shape index (κ2) is 4.14. The molecule has 1 spiro atoms. The first-order valence-electron chi connectivity index (χ1n) is 6.14. The number of rotatable bonds is 2. The van der Waals surface area contributed by atoms with Gasteiger partial charge < -0.3 is 0 Å². The molecule has 4 nitrogen and oxygen atoms in total. The molecule has 0 bridgehead atoms. The molecule has 92 valence electrons. The minimum Gasteiger partial charge on any atom is -0.244 e. The van der Waals surface area contributed by atoms with Crippen LogP contribution in [0.3, 0.4) is 0 Å². The number of aromatic nitrogens is 2. The molecule has 1 aliphatic heterocycles. The van der Waals surface area contributed by atoms with Crippen LogP contribution in [0, 0.1) is 5.41 Å². The van der Waals surface area contributed by atoms with E-state index in [9.17, 15) is 4.21 Å². The maximum absolute atomic E-state index is 12.4. The van der Waals surface area contributed by atoms with Crippen LogP contribution < -0.4 is 0 Å². The van der Waals surface area contributed by atoms with Crippen molar-refractivity contribution < 1.29 is 4.21 Å². The third-order valence-corrected chi connectivity index (χ3v) is 5.61.